The van der Waals surface area contributed by atoms with Gasteiger partial charge in [0.2, 0.25) is 0 Å². The van der Waals surface area contributed by atoms with Gasteiger partial charge in [0.15, 0.2) is 5.60 Å². The van der Waals surface area contributed by atoms with Gasteiger partial charge in [-0.2, -0.15) is 13.2 Å². The molecule has 0 aliphatic carbocycles. The molecule has 1 aromatic heterocycles. The van der Waals surface area contributed by atoms with Gasteiger partial charge in [-0.25, -0.2) is 4.98 Å². The quantitative estimate of drug-likeness (QED) is 0.796. The minimum Gasteiger partial charge on any atom is -0.376 e. The maximum Gasteiger partial charge on any atom is 0.421 e. The van der Waals surface area contributed by atoms with Crippen LogP contribution >= 0.6 is 15.9 Å². The third-order valence-corrected chi connectivity index (χ3v) is 2.47. The average molecular weight is 270 g/mol. The summed E-state index contributed by atoms with van der Waals surface area (Å²) < 4.78 is 37.2. The van der Waals surface area contributed by atoms with Crippen LogP contribution in [0.4, 0.5) is 13.2 Å². The first-order valence-corrected chi connectivity index (χ1v) is 4.46. The fourth-order valence-electron chi connectivity index (χ4n) is 0.902. The Bertz CT molecular complexity index is 338. The van der Waals surface area contributed by atoms with Crippen LogP contribution in [-0.2, 0) is 5.60 Å². The highest BCUT2D eigenvalue weighted by Crippen LogP contribution is 2.40. The number of pyridine rings is 1. The number of alkyl halides is 3. The number of rotatable bonds is 1. The Labute approximate surface area is 86.9 Å². The molecule has 0 bridgehead atoms. The number of aliphatic hydroxyl groups is 1. The molecular weight excluding hydrogens is 263 g/mol. The van der Waals surface area contributed by atoms with E-state index in [9.17, 15) is 18.3 Å². The van der Waals surface area contributed by atoms with E-state index >= 15 is 0 Å². The van der Waals surface area contributed by atoms with Crippen LogP contribution in [-0.4, -0.2) is 16.3 Å². The lowest BCUT2D eigenvalue weighted by Crippen LogP contribution is -2.39. The maximum atomic E-state index is 12.4. The lowest BCUT2D eigenvalue weighted by molar-refractivity contribution is -0.259. The lowest BCUT2D eigenvalue weighted by Gasteiger charge is -2.26. The first-order chi connectivity index (χ1) is 6.27. The number of nitrogens with zero attached hydrogens (tertiary/aromatic N) is 1. The zero-order valence-electron chi connectivity index (χ0n) is 7.14. The van der Waals surface area contributed by atoms with Gasteiger partial charge >= 0.3 is 6.18 Å². The van der Waals surface area contributed by atoms with E-state index in [1.54, 1.807) is 0 Å². The normalized spacial score (nSPS) is 16.4. The minimum absolute atomic E-state index is 0.0117. The molecular formula is C8H7BrF3NO. The molecule has 0 fully saturated rings. The summed E-state index contributed by atoms with van der Waals surface area (Å²) in [6, 6.07) is 2.50. The summed E-state index contributed by atoms with van der Waals surface area (Å²) in [6.07, 6.45) is -3.39. The summed E-state index contributed by atoms with van der Waals surface area (Å²) in [5, 5.41) is 9.31. The fraction of sp³-hybridized carbons (Fsp3) is 0.375. The van der Waals surface area contributed by atoms with Gasteiger partial charge in [-0.1, -0.05) is 6.07 Å². The molecule has 1 aromatic rings. The Hall–Kier alpha value is -0.620. The van der Waals surface area contributed by atoms with Gasteiger partial charge < -0.3 is 5.11 Å². The summed E-state index contributed by atoms with van der Waals surface area (Å²) in [5.74, 6) is 0. The smallest absolute Gasteiger partial charge is 0.376 e. The van der Waals surface area contributed by atoms with Crippen LogP contribution in [0.1, 0.15) is 12.5 Å². The van der Waals surface area contributed by atoms with Gasteiger partial charge in [0.1, 0.15) is 4.60 Å². The largest absolute Gasteiger partial charge is 0.421 e. The molecule has 14 heavy (non-hydrogen) atoms. The predicted octanol–water partition coefficient (Wildman–Crippen LogP) is 2.61. The highest BCUT2D eigenvalue weighted by atomic mass is 79.9. The second-order valence-electron chi connectivity index (χ2n) is 2.91. The van der Waals surface area contributed by atoms with Crippen LogP contribution < -0.4 is 0 Å². The van der Waals surface area contributed by atoms with Crippen molar-refractivity contribution in [2.24, 2.45) is 0 Å². The third-order valence-electron chi connectivity index (χ3n) is 1.84. The van der Waals surface area contributed by atoms with Gasteiger partial charge in [-0.05, 0) is 28.9 Å². The molecule has 0 saturated carbocycles. The summed E-state index contributed by atoms with van der Waals surface area (Å²) >= 11 is 2.85. The van der Waals surface area contributed by atoms with E-state index in [0.29, 0.717) is 6.92 Å². The van der Waals surface area contributed by atoms with E-state index < -0.39 is 11.8 Å². The second-order valence-corrected chi connectivity index (χ2v) is 3.66. The monoisotopic (exact) mass is 269 g/mol. The van der Waals surface area contributed by atoms with Crippen LogP contribution in [0.25, 0.3) is 0 Å². The Morgan fingerprint density at radius 1 is 1.43 bits per heavy atom. The lowest BCUT2D eigenvalue weighted by atomic mass is 9.97. The summed E-state index contributed by atoms with van der Waals surface area (Å²) in [4.78, 5) is 3.62. The molecule has 0 aliphatic heterocycles. The van der Waals surface area contributed by atoms with Crippen molar-refractivity contribution in [2.45, 2.75) is 18.7 Å². The van der Waals surface area contributed by atoms with Crippen molar-refractivity contribution >= 4 is 15.9 Å². The molecule has 2 nitrogen and oxygen atoms in total. The first kappa shape index (κ1) is 11.5. The van der Waals surface area contributed by atoms with E-state index in [4.69, 9.17) is 0 Å². The van der Waals surface area contributed by atoms with Crippen LogP contribution in [0, 0.1) is 0 Å². The number of hydrogen-bond acceptors (Lipinski definition) is 2. The van der Waals surface area contributed by atoms with Gasteiger partial charge in [-0.15, -0.1) is 0 Å². The Morgan fingerprint density at radius 2 is 2.00 bits per heavy atom. The molecule has 0 amide bonds. The zero-order chi connectivity index (χ0) is 11.0. The van der Waals surface area contributed by atoms with Gasteiger partial charge in [0.05, 0.1) is 0 Å². The van der Waals surface area contributed by atoms with Crippen LogP contribution in [0.15, 0.2) is 22.9 Å². The molecule has 1 rings (SSSR count). The maximum absolute atomic E-state index is 12.4. The van der Waals surface area contributed by atoms with Gasteiger partial charge in [0.25, 0.3) is 0 Å². The van der Waals surface area contributed by atoms with Gasteiger partial charge in [-0.3, -0.25) is 0 Å². The van der Waals surface area contributed by atoms with Crippen molar-refractivity contribution in [3.05, 3.63) is 28.5 Å². The molecule has 0 radical (unpaired) electrons. The zero-order valence-corrected chi connectivity index (χ0v) is 8.72. The number of aromatic nitrogens is 1. The second kappa shape index (κ2) is 3.51. The Morgan fingerprint density at radius 3 is 2.43 bits per heavy atom. The molecule has 1 atom stereocenters. The van der Waals surface area contributed by atoms with Crippen LogP contribution in [0.5, 0.6) is 0 Å². The number of hydrogen-bond donors (Lipinski definition) is 1. The van der Waals surface area contributed by atoms with E-state index in [-0.39, 0.29) is 10.2 Å². The molecule has 1 N–H and O–H groups in total. The van der Waals surface area contributed by atoms with Crippen LogP contribution in [0.3, 0.4) is 0 Å². The van der Waals surface area contributed by atoms with E-state index in [1.165, 1.54) is 18.3 Å². The predicted molar refractivity (Wildman–Crippen MR) is 47.6 cm³/mol. The standard InChI is InChI=1S/C8H7BrF3NO/c1-7(14,8(10,11)12)5-3-2-4-13-6(5)9/h2-4,14H,1H3/t7-/m1/s1. The average Bonchev–Trinajstić information content (AvgIpc) is 2.02. The molecule has 0 saturated heterocycles. The highest BCUT2D eigenvalue weighted by Gasteiger charge is 2.52. The van der Waals surface area contributed by atoms with Crippen molar-refractivity contribution in [3.8, 4) is 0 Å². The van der Waals surface area contributed by atoms with E-state index in [1.807, 2.05) is 0 Å². The van der Waals surface area contributed by atoms with Crippen LogP contribution in [0.2, 0.25) is 0 Å². The Kier molecular flexibility index (Phi) is 2.87. The van der Waals surface area contributed by atoms with Crippen molar-refractivity contribution < 1.29 is 18.3 Å². The van der Waals surface area contributed by atoms with E-state index in [2.05, 4.69) is 20.9 Å². The third kappa shape index (κ3) is 1.90. The summed E-state index contributed by atoms with van der Waals surface area (Å²) in [5.41, 5.74) is -3.19. The Balaban J connectivity index is 3.23. The topological polar surface area (TPSA) is 33.1 Å². The minimum atomic E-state index is -4.72. The van der Waals surface area contributed by atoms with Gasteiger partial charge in [0, 0.05) is 11.8 Å². The molecule has 78 valence electrons. The summed E-state index contributed by atoms with van der Waals surface area (Å²) in [7, 11) is 0. The molecule has 0 unspecified atom stereocenters. The molecule has 1 heterocycles. The molecule has 6 heteroatoms. The number of halogens is 4. The SMILES string of the molecule is C[C@@](O)(c1cccnc1Br)C(F)(F)F. The molecule has 0 aliphatic rings. The summed E-state index contributed by atoms with van der Waals surface area (Å²) in [6.45, 7) is 0.689. The van der Waals surface area contributed by atoms with Crippen molar-refractivity contribution in [1.29, 1.82) is 0 Å². The van der Waals surface area contributed by atoms with Crippen molar-refractivity contribution in [1.82, 2.24) is 4.98 Å². The first-order valence-electron chi connectivity index (χ1n) is 3.67. The fourth-order valence-corrected chi connectivity index (χ4v) is 1.54. The molecule has 0 spiro atoms. The van der Waals surface area contributed by atoms with E-state index in [0.717, 1.165) is 0 Å². The van der Waals surface area contributed by atoms with Crippen molar-refractivity contribution in [2.75, 3.05) is 0 Å². The molecule has 0 aromatic carbocycles. The van der Waals surface area contributed by atoms with Crippen molar-refractivity contribution in [3.63, 3.8) is 0 Å². The highest BCUT2D eigenvalue weighted by molar-refractivity contribution is 9.10.